The smallest absolute Gasteiger partial charge is 0.303 e. The summed E-state index contributed by atoms with van der Waals surface area (Å²) in [4.78, 5) is 46.4. The Morgan fingerprint density at radius 2 is 1.81 bits per heavy atom. The molecule has 2 heterocycles. The molecule has 0 saturated carbocycles. The Kier molecular flexibility index (Phi) is 7.38. The molecule has 2 aromatic carbocycles. The van der Waals surface area contributed by atoms with Gasteiger partial charge < -0.3 is 25.4 Å². The molecular weight excluding hydrogens is 460 g/mol. The van der Waals surface area contributed by atoms with Crippen LogP contribution < -0.4 is 15.4 Å². The number of piperazine rings is 1. The zero-order valence-electron chi connectivity index (χ0n) is 20.4. The summed E-state index contributed by atoms with van der Waals surface area (Å²) in [6.07, 6.45) is -0.268. The number of carboxylic acids is 1. The number of aliphatic carboxylic acids is 1. The number of aryl methyl sites for hydroxylation is 1. The molecule has 0 aliphatic carbocycles. The van der Waals surface area contributed by atoms with Gasteiger partial charge in [-0.1, -0.05) is 24.3 Å². The molecule has 9 nitrogen and oxygen atoms in total. The van der Waals surface area contributed by atoms with E-state index in [1.165, 1.54) is 7.11 Å². The average Bonchev–Trinajstić information content (AvgIpc) is 2.87. The summed E-state index contributed by atoms with van der Waals surface area (Å²) in [5, 5.41) is 9.96. The monoisotopic (exact) mass is 490 g/mol. The molecular formula is C27H30N4O5. The summed E-state index contributed by atoms with van der Waals surface area (Å²) in [6, 6.07) is 15.3. The molecule has 1 fully saturated rings. The summed E-state index contributed by atoms with van der Waals surface area (Å²) in [7, 11) is 1.43. The molecule has 3 N–H and O–H groups in total. The fourth-order valence-corrected chi connectivity index (χ4v) is 4.78. The lowest BCUT2D eigenvalue weighted by Crippen LogP contribution is -2.50. The molecule has 1 saturated heterocycles. The zero-order valence-corrected chi connectivity index (χ0v) is 20.4. The van der Waals surface area contributed by atoms with Gasteiger partial charge in [-0.05, 0) is 43.2 Å². The highest BCUT2D eigenvalue weighted by molar-refractivity contribution is 6.04. The van der Waals surface area contributed by atoms with Crippen LogP contribution in [0.3, 0.4) is 0 Å². The molecule has 4 rings (SSSR count). The van der Waals surface area contributed by atoms with Gasteiger partial charge in [0.15, 0.2) is 0 Å². The number of pyridine rings is 1. The molecule has 1 aliphatic heterocycles. The zero-order chi connectivity index (χ0) is 25.8. The van der Waals surface area contributed by atoms with Gasteiger partial charge in [-0.15, -0.1) is 0 Å². The number of para-hydroxylation sites is 1. The maximum atomic E-state index is 13.8. The van der Waals surface area contributed by atoms with Crippen molar-refractivity contribution in [1.82, 2.24) is 9.88 Å². The van der Waals surface area contributed by atoms with E-state index in [9.17, 15) is 19.5 Å². The number of nitrogens with zero attached hydrogens (tertiary/aromatic N) is 3. The van der Waals surface area contributed by atoms with Crippen molar-refractivity contribution >= 4 is 34.4 Å². The number of primary amides is 1. The number of hydrogen-bond donors (Lipinski definition) is 2. The lowest BCUT2D eigenvalue weighted by atomic mass is 9.91. The van der Waals surface area contributed by atoms with Crippen molar-refractivity contribution in [2.45, 2.75) is 25.7 Å². The van der Waals surface area contributed by atoms with Crippen LogP contribution in [0, 0.1) is 6.92 Å². The van der Waals surface area contributed by atoms with Crippen molar-refractivity contribution in [2.75, 3.05) is 38.2 Å². The Hall–Kier alpha value is -4.14. The summed E-state index contributed by atoms with van der Waals surface area (Å²) >= 11 is 0. The third-order valence-electron chi connectivity index (χ3n) is 6.56. The van der Waals surface area contributed by atoms with Crippen molar-refractivity contribution in [3.63, 3.8) is 0 Å². The third kappa shape index (κ3) is 5.10. The second-order valence-electron chi connectivity index (χ2n) is 8.92. The predicted molar refractivity (Wildman–Crippen MR) is 136 cm³/mol. The topological polar surface area (TPSA) is 126 Å². The first kappa shape index (κ1) is 25.0. The van der Waals surface area contributed by atoms with Crippen LogP contribution in [0.4, 0.5) is 5.69 Å². The number of fused-ring (bicyclic) bond motifs is 1. The van der Waals surface area contributed by atoms with E-state index in [0.29, 0.717) is 37.1 Å². The first-order chi connectivity index (χ1) is 17.3. The third-order valence-corrected chi connectivity index (χ3v) is 6.56. The van der Waals surface area contributed by atoms with Gasteiger partial charge in [-0.3, -0.25) is 19.4 Å². The number of benzene rings is 2. The summed E-state index contributed by atoms with van der Waals surface area (Å²) in [5.74, 6) is -2.80. The molecule has 3 aromatic rings. The van der Waals surface area contributed by atoms with Gasteiger partial charge >= 0.3 is 5.97 Å². The number of carboxylic acid groups (broad SMARTS) is 1. The maximum Gasteiger partial charge on any atom is 0.303 e. The second-order valence-corrected chi connectivity index (χ2v) is 8.92. The molecule has 2 amide bonds. The SMILES string of the molecule is COc1c(C(N)=O)c(C(CCC(=O)O)C(=O)N2CCN(c3cccc(C)c3)CC2)nc2ccccc12. The van der Waals surface area contributed by atoms with Crippen LogP contribution in [-0.4, -0.2) is 66.1 Å². The van der Waals surface area contributed by atoms with Gasteiger partial charge in [0.25, 0.3) is 5.91 Å². The molecule has 36 heavy (non-hydrogen) atoms. The lowest BCUT2D eigenvalue weighted by Gasteiger charge is -2.38. The van der Waals surface area contributed by atoms with Crippen LogP contribution in [0.1, 0.15) is 40.4 Å². The van der Waals surface area contributed by atoms with Gasteiger partial charge in [0.2, 0.25) is 5.91 Å². The van der Waals surface area contributed by atoms with Crippen LogP contribution in [-0.2, 0) is 9.59 Å². The van der Waals surface area contributed by atoms with E-state index in [2.05, 4.69) is 16.0 Å². The molecule has 1 aromatic heterocycles. The number of ether oxygens (including phenoxy) is 1. The molecule has 0 radical (unpaired) electrons. The van der Waals surface area contributed by atoms with Gasteiger partial charge in [-0.25, -0.2) is 0 Å². The number of nitrogens with two attached hydrogens (primary N) is 1. The highest BCUT2D eigenvalue weighted by atomic mass is 16.5. The first-order valence-electron chi connectivity index (χ1n) is 11.9. The number of carbonyl (C=O) groups is 3. The van der Waals surface area contributed by atoms with E-state index in [-0.39, 0.29) is 35.8 Å². The molecule has 1 unspecified atom stereocenters. The Morgan fingerprint density at radius 1 is 1.08 bits per heavy atom. The Balaban J connectivity index is 1.68. The fourth-order valence-electron chi connectivity index (χ4n) is 4.78. The molecule has 1 atom stereocenters. The van der Waals surface area contributed by atoms with E-state index in [0.717, 1.165) is 11.3 Å². The highest BCUT2D eigenvalue weighted by Gasteiger charge is 2.34. The largest absolute Gasteiger partial charge is 0.495 e. The molecule has 188 valence electrons. The number of hydrogen-bond acceptors (Lipinski definition) is 6. The van der Waals surface area contributed by atoms with Gasteiger partial charge in [-0.2, -0.15) is 0 Å². The summed E-state index contributed by atoms with van der Waals surface area (Å²) < 4.78 is 5.55. The maximum absolute atomic E-state index is 13.8. The van der Waals surface area contributed by atoms with Crippen LogP contribution >= 0.6 is 0 Å². The van der Waals surface area contributed by atoms with Crippen molar-refractivity contribution in [3.05, 3.63) is 65.4 Å². The van der Waals surface area contributed by atoms with Crippen molar-refractivity contribution in [3.8, 4) is 5.75 Å². The normalized spacial score (nSPS) is 14.5. The molecule has 9 heteroatoms. The van der Waals surface area contributed by atoms with E-state index >= 15 is 0 Å². The number of carbonyl (C=O) groups excluding carboxylic acids is 2. The van der Waals surface area contributed by atoms with Gasteiger partial charge in [0.1, 0.15) is 11.3 Å². The fraction of sp³-hybridized carbons (Fsp3) is 0.333. The van der Waals surface area contributed by atoms with Crippen LogP contribution in [0.5, 0.6) is 5.75 Å². The van der Waals surface area contributed by atoms with E-state index in [1.54, 1.807) is 29.2 Å². The van der Waals surface area contributed by atoms with E-state index in [1.807, 2.05) is 25.1 Å². The minimum absolute atomic E-state index is 0.0123. The molecule has 0 spiro atoms. The number of methoxy groups -OCH3 is 1. The number of amides is 2. The Morgan fingerprint density at radius 3 is 2.44 bits per heavy atom. The van der Waals surface area contributed by atoms with Crippen molar-refractivity contribution in [2.24, 2.45) is 5.73 Å². The average molecular weight is 491 g/mol. The van der Waals surface area contributed by atoms with Gasteiger partial charge in [0, 0.05) is 43.7 Å². The number of aromatic nitrogens is 1. The number of rotatable bonds is 8. The molecule has 0 bridgehead atoms. The Bertz CT molecular complexity index is 1300. The predicted octanol–water partition coefficient (Wildman–Crippen LogP) is 2.95. The van der Waals surface area contributed by atoms with Crippen molar-refractivity contribution in [1.29, 1.82) is 0 Å². The van der Waals surface area contributed by atoms with E-state index in [4.69, 9.17) is 10.5 Å². The van der Waals surface area contributed by atoms with Crippen LogP contribution in [0.25, 0.3) is 10.9 Å². The quantitative estimate of drug-likeness (QED) is 0.497. The molecule has 1 aliphatic rings. The lowest BCUT2D eigenvalue weighted by molar-refractivity contribution is -0.137. The standard InChI is InChI=1S/C27H30N4O5/c1-17-6-5-7-18(16-17)30-12-14-31(15-13-30)27(35)20(10-11-22(32)33)24-23(26(28)34)25(36-2)19-8-3-4-9-21(19)29-24/h3-9,16,20H,10-15H2,1-2H3,(H2,28,34)(H,32,33). The number of anilines is 1. The Labute approximate surface area is 209 Å². The summed E-state index contributed by atoms with van der Waals surface area (Å²) in [6.45, 7) is 4.24. The first-order valence-corrected chi connectivity index (χ1v) is 11.9. The summed E-state index contributed by atoms with van der Waals surface area (Å²) in [5.41, 5.74) is 8.71. The van der Waals surface area contributed by atoms with Gasteiger partial charge in [0.05, 0.1) is 24.2 Å². The van der Waals surface area contributed by atoms with Crippen LogP contribution in [0.2, 0.25) is 0 Å². The minimum atomic E-state index is -1.04. The minimum Gasteiger partial charge on any atom is -0.495 e. The second kappa shape index (κ2) is 10.6. The van der Waals surface area contributed by atoms with Crippen LogP contribution in [0.15, 0.2) is 48.5 Å². The van der Waals surface area contributed by atoms with Crippen molar-refractivity contribution < 1.29 is 24.2 Å². The van der Waals surface area contributed by atoms with E-state index < -0.39 is 17.8 Å². The highest BCUT2D eigenvalue weighted by Crippen LogP contribution is 2.36.